The summed E-state index contributed by atoms with van der Waals surface area (Å²) < 4.78 is 21.0. The highest BCUT2D eigenvalue weighted by Gasteiger charge is 2.13. The molecule has 1 aliphatic rings. The first-order chi connectivity index (χ1) is 12.7. The zero-order chi connectivity index (χ0) is 18.4. The van der Waals surface area contributed by atoms with E-state index >= 15 is 0 Å². The number of rotatable bonds is 6. The Kier molecular flexibility index (Phi) is 5.25. The van der Waals surface area contributed by atoms with E-state index in [0.29, 0.717) is 28.7 Å². The van der Waals surface area contributed by atoms with Crippen LogP contribution in [-0.4, -0.2) is 26.4 Å². The molecule has 1 heterocycles. The van der Waals surface area contributed by atoms with Crippen molar-refractivity contribution < 1.29 is 23.7 Å². The van der Waals surface area contributed by atoms with E-state index in [0.717, 1.165) is 5.56 Å². The van der Waals surface area contributed by atoms with Gasteiger partial charge in [-0.3, -0.25) is 4.79 Å². The molecule has 0 bridgehead atoms. The number of nitriles is 1. The van der Waals surface area contributed by atoms with Crippen LogP contribution in [0, 0.1) is 11.3 Å². The van der Waals surface area contributed by atoms with Crippen LogP contribution in [0.2, 0.25) is 0 Å². The molecule has 3 rings (SSSR count). The molecule has 0 aromatic heterocycles. The first kappa shape index (κ1) is 17.2. The fraction of sp³-hybridized carbons (Fsp3) is 0.158. The molecule has 0 fully saturated rings. The number of ether oxygens (including phenoxy) is 4. The van der Waals surface area contributed by atoms with Gasteiger partial charge in [-0.25, -0.2) is 0 Å². The van der Waals surface area contributed by atoms with Gasteiger partial charge in [-0.15, -0.1) is 0 Å². The number of hydrogen-bond acceptors (Lipinski definition) is 6. The highest BCUT2D eigenvalue weighted by Crippen LogP contribution is 2.34. The largest absolute Gasteiger partial charge is 0.493 e. The predicted octanol–water partition coefficient (Wildman–Crippen LogP) is 2.98. The highest BCUT2D eigenvalue weighted by molar-refractivity contribution is 6.02. The molecular weight excluding hydrogens is 336 g/mol. The van der Waals surface area contributed by atoms with E-state index in [-0.39, 0.29) is 19.3 Å². The quantitative estimate of drug-likeness (QED) is 0.804. The Balaban J connectivity index is 1.65. The molecule has 0 atom stereocenters. The zero-order valence-corrected chi connectivity index (χ0v) is 14.0. The monoisotopic (exact) mass is 352 g/mol. The van der Waals surface area contributed by atoms with Gasteiger partial charge in [0.05, 0.1) is 7.11 Å². The van der Waals surface area contributed by atoms with Crippen molar-refractivity contribution in [3.8, 4) is 29.1 Å². The summed E-state index contributed by atoms with van der Waals surface area (Å²) in [6, 6.07) is 12.3. The molecule has 7 heteroatoms. The van der Waals surface area contributed by atoms with Crippen LogP contribution in [0.1, 0.15) is 5.56 Å². The average Bonchev–Trinajstić information content (AvgIpc) is 3.12. The number of benzene rings is 2. The van der Waals surface area contributed by atoms with Gasteiger partial charge in [0, 0.05) is 17.8 Å². The Morgan fingerprint density at radius 3 is 2.88 bits per heavy atom. The third kappa shape index (κ3) is 4.05. The maximum absolute atomic E-state index is 12.1. The van der Waals surface area contributed by atoms with Crippen LogP contribution in [0.5, 0.6) is 23.0 Å². The number of fused-ring (bicyclic) bond motifs is 1. The molecule has 7 nitrogen and oxygen atoms in total. The normalized spacial score (nSPS) is 11.8. The van der Waals surface area contributed by atoms with Crippen LogP contribution in [0.4, 0.5) is 5.69 Å². The van der Waals surface area contributed by atoms with Crippen molar-refractivity contribution in [3.63, 3.8) is 0 Å². The van der Waals surface area contributed by atoms with E-state index in [4.69, 9.17) is 24.2 Å². The molecule has 2 aromatic carbocycles. The van der Waals surface area contributed by atoms with Gasteiger partial charge in [0.25, 0.3) is 0 Å². The lowest BCUT2D eigenvalue weighted by atomic mass is 10.2. The van der Waals surface area contributed by atoms with Gasteiger partial charge >= 0.3 is 0 Å². The topological polar surface area (TPSA) is 89.8 Å². The van der Waals surface area contributed by atoms with E-state index in [9.17, 15) is 4.79 Å². The lowest BCUT2D eigenvalue weighted by Crippen LogP contribution is -2.07. The maximum Gasteiger partial charge on any atom is 0.248 e. The second-order valence-electron chi connectivity index (χ2n) is 5.25. The van der Waals surface area contributed by atoms with Crippen LogP contribution < -0.4 is 24.3 Å². The van der Waals surface area contributed by atoms with Crippen LogP contribution >= 0.6 is 0 Å². The van der Waals surface area contributed by atoms with Crippen LogP contribution in [0.25, 0.3) is 6.08 Å². The average molecular weight is 352 g/mol. The summed E-state index contributed by atoms with van der Waals surface area (Å²) >= 11 is 0. The number of methoxy groups -OCH3 is 1. The molecule has 1 N–H and O–H groups in total. The number of carbonyl (C=O) groups excluding carboxylic acids is 1. The fourth-order valence-corrected chi connectivity index (χ4v) is 2.35. The minimum Gasteiger partial charge on any atom is -0.493 e. The van der Waals surface area contributed by atoms with E-state index in [1.54, 1.807) is 42.5 Å². The Hall–Kier alpha value is -3.66. The minimum atomic E-state index is -0.285. The number of nitrogens with zero attached hydrogens (tertiary/aromatic N) is 1. The second-order valence-corrected chi connectivity index (χ2v) is 5.25. The third-order valence-electron chi connectivity index (χ3n) is 3.55. The van der Waals surface area contributed by atoms with Crippen molar-refractivity contribution in [1.82, 2.24) is 0 Å². The molecule has 0 aliphatic carbocycles. The maximum atomic E-state index is 12.1. The molecule has 0 unspecified atom stereocenters. The number of carbonyl (C=O) groups is 1. The van der Waals surface area contributed by atoms with Crippen molar-refractivity contribution in [3.05, 3.63) is 48.0 Å². The Morgan fingerprint density at radius 2 is 2.08 bits per heavy atom. The molecule has 0 spiro atoms. The van der Waals surface area contributed by atoms with Gasteiger partial charge in [0.2, 0.25) is 12.7 Å². The summed E-state index contributed by atoms with van der Waals surface area (Å²) in [5.74, 6) is 1.93. The summed E-state index contributed by atoms with van der Waals surface area (Å²) in [6.45, 7) is 0.117. The van der Waals surface area contributed by atoms with Gasteiger partial charge in [-0.1, -0.05) is 6.07 Å². The standard InChI is InChI=1S/C19H16N2O5/c1-23-17-10-13(2-5-15(17)24-9-8-20)3-7-19(22)21-14-4-6-16-18(11-14)26-12-25-16/h2-7,10-11H,9,12H2,1H3,(H,21,22). The number of hydrogen-bond donors (Lipinski definition) is 1. The van der Waals surface area contributed by atoms with Crippen molar-refractivity contribution in [2.24, 2.45) is 0 Å². The molecule has 1 amide bonds. The van der Waals surface area contributed by atoms with Crippen LogP contribution in [0.15, 0.2) is 42.5 Å². The minimum absolute atomic E-state index is 0.0660. The van der Waals surface area contributed by atoms with Crippen molar-refractivity contribution in [1.29, 1.82) is 5.26 Å². The Morgan fingerprint density at radius 1 is 1.23 bits per heavy atom. The van der Waals surface area contributed by atoms with E-state index in [1.807, 2.05) is 6.07 Å². The van der Waals surface area contributed by atoms with E-state index in [2.05, 4.69) is 5.32 Å². The van der Waals surface area contributed by atoms with Crippen LogP contribution in [0.3, 0.4) is 0 Å². The third-order valence-corrected chi connectivity index (χ3v) is 3.55. The molecule has 0 saturated carbocycles. The molecule has 26 heavy (non-hydrogen) atoms. The van der Waals surface area contributed by atoms with E-state index in [1.165, 1.54) is 13.2 Å². The first-order valence-corrected chi connectivity index (χ1v) is 7.76. The van der Waals surface area contributed by atoms with Gasteiger partial charge in [0.15, 0.2) is 29.6 Å². The smallest absolute Gasteiger partial charge is 0.248 e. The fourth-order valence-electron chi connectivity index (χ4n) is 2.35. The molecule has 0 saturated heterocycles. The number of anilines is 1. The van der Waals surface area contributed by atoms with Gasteiger partial charge in [-0.2, -0.15) is 5.26 Å². The Labute approximate surface area is 150 Å². The Bertz CT molecular complexity index is 886. The zero-order valence-electron chi connectivity index (χ0n) is 14.0. The summed E-state index contributed by atoms with van der Waals surface area (Å²) in [7, 11) is 1.51. The molecule has 132 valence electrons. The van der Waals surface area contributed by atoms with Crippen molar-refractivity contribution in [2.45, 2.75) is 0 Å². The number of amides is 1. The summed E-state index contributed by atoms with van der Waals surface area (Å²) in [5, 5.41) is 11.3. The van der Waals surface area contributed by atoms with Gasteiger partial charge < -0.3 is 24.3 Å². The van der Waals surface area contributed by atoms with Gasteiger partial charge in [-0.05, 0) is 35.9 Å². The van der Waals surface area contributed by atoms with Crippen molar-refractivity contribution >= 4 is 17.7 Å². The summed E-state index contributed by atoms with van der Waals surface area (Å²) in [4.78, 5) is 12.1. The second kappa shape index (κ2) is 7.94. The van der Waals surface area contributed by atoms with Gasteiger partial charge in [0.1, 0.15) is 6.07 Å². The molecular formula is C19H16N2O5. The lowest BCUT2D eigenvalue weighted by Gasteiger charge is -2.08. The first-order valence-electron chi connectivity index (χ1n) is 7.76. The molecule has 1 aliphatic heterocycles. The summed E-state index contributed by atoms with van der Waals surface area (Å²) in [5.41, 5.74) is 1.37. The van der Waals surface area contributed by atoms with Crippen molar-refractivity contribution in [2.75, 3.05) is 25.8 Å². The molecule has 0 radical (unpaired) electrons. The summed E-state index contributed by atoms with van der Waals surface area (Å²) in [6.07, 6.45) is 3.06. The van der Waals surface area contributed by atoms with E-state index < -0.39 is 0 Å². The highest BCUT2D eigenvalue weighted by atomic mass is 16.7. The lowest BCUT2D eigenvalue weighted by molar-refractivity contribution is -0.111. The SMILES string of the molecule is COc1cc(C=CC(=O)Nc2ccc3c(c2)OCO3)ccc1OCC#N. The van der Waals surface area contributed by atoms with Crippen LogP contribution in [-0.2, 0) is 4.79 Å². The number of nitrogens with one attached hydrogen (secondary N) is 1. The molecule has 2 aromatic rings. The predicted molar refractivity (Wildman–Crippen MR) is 94.3 cm³/mol.